The van der Waals surface area contributed by atoms with Gasteiger partial charge >= 0.3 is 10.1 Å². The molecule has 2 aromatic rings. The lowest BCUT2D eigenvalue weighted by Crippen LogP contribution is -2.21. The lowest BCUT2D eigenvalue weighted by Gasteiger charge is -2.16. The maximum Gasteiger partial charge on any atom is 0.339 e. The topological polar surface area (TPSA) is 75.6 Å². The molecule has 0 spiro atoms. The molecular weight excluding hydrogens is 302 g/mol. The number of hydrogen-bond acceptors (Lipinski definition) is 5. The highest BCUT2D eigenvalue weighted by atomic mass is 32.2. The number of para-hydroxylation sites is 1. The molecule has 0 aliphatic heterocycles. The third-order valence-corrected chi connectivity index (χ3v) is 4.35. The Morgan fingerprint density at radius 1 is 1.09 bits per heavy atom. The van der Waals surface area contributed by atoms with Crippen LogP contribution >= 0.6 is 0 Å². The zero-order valence-corrected chi connectivity index (χ0v) is 13.1. The van der Waals surface area contributed by atoms with Crippen LogP contribution in [0.15, 0.2) is 59.5 Å². The molecule has 6 heteroatoms. The molecule has 5 nitrogen and oxygen atoms in total. The Balaban J connectivity index is 2.27. The highest BCUT2D eigenvalue weighted by Crippen LogP contribution is 2.27. The van der Waals surface area contributed by atoms with Crippen LogP contribution in [0, 0.1) is 0 Å². The molecule has 0 saturated carbocycles. The summed E-state index contributed by atoms with van der Waals surface area (Å²) in [6.45, 7) is 2.96. The Morgan fingerprint density at radius 3 is 2.41 bits per heavy atom. The first-order valence-corrected chi connectivity index (χ1v) is 8.42. The van der Waals surface area contributed by atoms with Crippen molar-refractivity contribution in [3.05, 3.63) is 60.2 Å². The van der Waals surface area contributed by atoms with Crippen LogP contribution in [0.2, 0.25) is 0 Å². The zero-order chi connectivity index (χ0) is 16.0. The molecule has 0 bridgehead atoms. The molecule has 0 unspecified atom stereocenters. The van der Waals surface area contributed by atoms with Crippen LogP contribution in [-0.2, 0) is 10.1 Å². The summed E-state index contributed by atoms with van der Waals surface area (Å²) in [5, 5.41) is 13.2. The molecule has 1 atom stereocenters. The van der Waals surface area contributed by atoms with Crippen LogP contribution in [0.4, 0.5) is 0 Å². The SMILES string of the molecule is CCNC[C@@H](O)c1ccccc1OS(=O)(=O)c1ccccc1. The average Bonchev–Trinajstić information content (AvgIpc) is 2.53. The number of likely N-dealkylation sites (N-methyl/N-ethyl adjacent to an activating group) is 1. The summed E-state index contributed by atoms with van der Waals surface area (Å²) < 4.78 is 29.7. The van der Waals surface area contributed by atoms with Crippen molar-refractivity contribution in [2.45, 2.75) is 17.9 Å². The Morgan fingerprint density at radius 2 is 1.73 bits per heavy atom. The van der Waals surface area contributed by atoms with E-state index < -0.39 is 16.2 Å². The van der Waals surface area contributed by atoms with Crippen molar-refractivity contribution in [3.8, 4) is 5.75 Å². The van der Waals surface area contributed by atoms with E-state index in [-0.39, 0.29) is 10.6 Å². The molecule has 0 heterocycles. The van der Waals surface area contributed by atoms with E-state index in [1.807, 2.05) is 6.92 Å². The number of rotatable bonds is 7. The summed E-state index contributed by atoms with van der Waals surface area (Å²) in [6.07, 6.45) is -0.845. The minimum Gasteiger partial charge on any atom is -0.387 e. The molecule has 0 fully saturated rings. The predicted molar refractivity (Wildman–Crippen MR) is 84.2 cm³/mol. The van der Waals surface area contributed by atoms with Crippen molar-refractivity contribution in [2.24, 2.45) is 0 Å². The maximum atomic E-state index is 12.3. The number of aliphatic hydroxyl groups excluding tert-OH is 1. The van der Waals surface area contributed by atoms with Gasteiger partial charge in [-0.05, 0) is 24.7 Å². The van der Waals surface area contributed by atoms with Gasteiger partial charge in [-0.2, -0.15) is 8.42 Å². The summed E-state index contributed by atoms with van der Waals surface area (Å²) in [4.78, 5) is 0.0750. The summed E-state index contributed by atoms with van der Waals surface area (Å²) in [5.41, 5.74) is 0.433. The van der Waals surface area contributed by atoms with Gasteiger partial charge in [0.25, 0.3) is 0 Å². The van der Waals surface area contributed by atoms with E-state index in [1.165, 1.54) is 18.2 Å². The molecule has 2 N–H and O–H groups in total. The largest absolute Gasteiger partial charge is 0.387 e. The number of hydrogen-bond donors (Lipinski definition) is 2. The second kappa shape index (κ2) is 7.40. The van der Waals surface area contributed by atoms with E-state index in [2.05, 4.69) is 5.32 Å². The van der Waals surface area contributed by atoms with Crippen molar-refractivity contribution < 1.29 is 17.7 Å². The van der Waals surface area contributed by atoms with Crippen LogP contribution in [0.25, 0.3) is 0 Å². The second-order valence-corrected chi connectivity index (χ2v) is 6.26. The first-order chi connectivity index (χ1) is 10.5. The second-order valence-electron chi connectivity index (χ2n) is 4.71. The maximum absolute atomic E-state index is 12.3. The zero-order valence-electron chi connectivity index (χ0n) is 12.3. The van der Waals surface area contributed by atoms with Gasteiger partial charge in [0.2, 0.25) is 0 Å². The Kier molecular flexibility index (Phi) is 5.54. The quantitative estimate of drug-likeness (QED) is 0.764. The van der Waals surface area contributed by atoms with Gasteiger partial charge in [-0.15, -0.1) is 0 Å². The van der Waals surface area contributed by atoms with Crippen LogP contribution in [-0.4, -0.2) is 26.6 Å². The van der Waals surface area contributed by atoms with Gasteiger partial charge in [-0.3, -0.25) is 0 Å². The molecule has 2 aromatic carbocycles. The van der Waals surface area contributed by atoms with Gasteiger partial charge in [0.05, 0.1) is 6.10 Å². The molecule has 0 aromatic heterocycles. The highest BCUT2D eigenvalue weighted by molar-refractivity contribution is 7.87. The van der Waals surface area contributed by atoms with Gasteiger partial charge in [0, 0.05) is 12.1 Å². The van der Waals surface area contributed by atoms with E-state index >= 15 is 0 Å². The first kappa shape index (κ1) is 16.5. The van der Waals surface area contributed by atoms with Crippen LogP contribution in [0.5, 0.6) is 5.75 Å². The molecule has 2 rings (SSSR count). The molecular formula is C16H19NO4S. The normalized spacial score (nSPS) is 12.8. The van der Waals surface area contributed by atoms with E-state index in [0.29, 0.717) is 18.7 Å². The van der Waals surface area contributed by atoms with E-state index in [4.69, 9.17) is 4.18 Å². The third kappa shape index (κ3) is 4.07. The lowest BCUT2D eigenvalue weighted by molar-refractivity contribution is 0.173. The van der Waals surface area contributed by atoms with Crippen molar-refractivity contribution in [2.75, 3.05) is 13.1 Å². The lowest BCUT2D eigenvalue weighted by atomic mass is 10.1. The highest BCUT2D eigenvalue weighted by Gasteiger charge is 2.20. The van der Waals surface area contributed by atoms with E-state index in [9.17, 15) is 13.5 Å². The van der Waals surface area contributed by atoms with E-state index in [0.717, 1.165) is 0 Å². The number of benzene rings is 2. The van der Waals surface area contributed by atoms with Crippen molar-refractivity contribution in [3.63, 3.8) is 0 Å². The smallest absolute Gasteiger partial charge is 0.339 e. The van der Waals surface area contributed by atoms with Gasteiger partial charge in [0.1, 0.15) is 10.6 Å². The fourth-order valence-corrected chi connectivity index (χ4v) is 2.95. The molecule has 0 amide bonds. The molecule has 22 heavy (non-hydrogen) atoms. The fraction of sp³-hybridized carbons (Fsp3) is 0.250. The minimum atomic E-state index is -3.92. The first-order valence-electron chi connectivity index (χ1n) is 7.02. The van der Waals surface area contributed by atoms with Gasteiger partial charge in [-0.25, -0.2) is 0 Å². The molecule has 0 aliphatic rings. The minimum absolute atomic E-state index is 0.0750. The van der Waals surface area contributed by atoms with Gasteiger partial charge in [0.15, 0.2) is 0 Å². The number of nitrogens with one attached hydrogen (secondary N) is 1. The van der Waals surface area contributed by atoms with Gasteiger partial charge < -0.3 is 14.6 Å². The summed E-state index contributed by atoms with van der Waals surface area (Å²) in [7, 11) is -3.92. The monoisotopic (exact) mass is 321 g/mol. The summed E-state index contributed by atoms with van der Waals surface area (Å²) >= 11 is 0. The Labute approximate surface area is 130 Å². The molecule has 0 saturated heterocycles. The van der Waals surface area contributed by atoms with Crippen molar-refractivity contribution in [1.29, 1.82) is 0 Å². The predicted octanol–water partition coefficient (Wildman–Crippen LogP) is 2.10. The standard InChI is InChI=1S/C16H19NO4S/c1-2-17-12-15(18)14-10-6-7-11-16(14)21-22(19,20)13-8-4-3-5-9-13/h3-11,15,17-18H,2,12H2,1H3/t15-/m1/s1. The molecule has 0 radical (unpaired) electrons. The molecule has 0 aliphatic carbocycles. The van der Waals surface area contributed by atoms with Gasteiger partial charge in [-0.1, -0.05) is 43.3 Å². The summed E-state index contributed by atoms with van der Waals surface area (Å²) in [6, 6.07) is 14.5. The van der Waals surface area contributed by atoms with E-state index in [1.54, 1.807) is 36.4 Å². The summed E-state index contributed by atoms with van der Waals surface area (Å²) in [5.74, 6) is 0.136. The van der Waals surface area contributed by atoms with Crippen molar-refractivity contribution in [1.82, 2.24) is 5.32 Å². The molecule has 118 valence electrons. The Bertz CT molecular complexity index is 701. The van der Waals surface area contributed by atoms with Crippen molar-refractivity contribution >= 4 is 10.1 Å². The number of aliphatic hydroxyl groups is 1. The van der Waals surface area contributed by atoms with Crippen LogP contribution in [0.3, 0.4) is 0 Å². The average molecular weight is 321 g/mol. The fourth-order valence-electron chi connectivity index (χ4n) is 1.98. The van der Waals surface area contributed by atoms with Crippen LogP contribution < -0.4 is 9.50 Å². The Hall–Kier alpha value is -1.89. The van der Waals surface area contributed by atoms with Crippen LogP contribution in [0.1, 0.15) is 18.6 Å². The third-order valence-electron chi connectivity index (χ3n) is 3.10.